The Morgan fingerprint density at radius 2 is 1.93 bits per heavy atom. The SMILES string of the molecule is OC1(C2CCCCC2)C=CC=CN=C1. The van der Waals surface area contributed by atoms with Crippen LogP contribution in [0.1, 0.15) is 32.1 Å². The van der Waals surface area contributed by atoms with Crippen molar-refractivity contribution < 1.29 is 5.11 Å². The average Bonchev–Trinajstić information content (AvgIpc) is 2.46. The lowest BCUT2D eigenvalue weighted by atomic mass is 9.77. The van der Waals surface area contributed by atoms with Gasteiger partial charge in [-0.05, 0) is 30.9 Å². The fraction of sp³-hybridized carbons (Fsp3) is 0.583. The smallest absolute Gasteiger partial charge is 0.121 e. The molecule has 0 aromatic heterocycles. The molecule has 1 heterocycles. The zero-order valence-corrected chi connectivity index (χ0v) is 8.39. The molecule has 0 radical (unpaired) electrons. The van der Waals surface area contributed by atoms with Crippen LogP contribution in [0.3, 0.4) is 0 Å². The Kier molecular flexibility index (Phi) is 2.82. The molecule has 0 saturated heterocycles. The second-order valence-electron chi connectivity index (χ2n) is 4.20. The summed E-state index contributed by atoms with van der Waals surface area (Å²) in [5.74, 6) is 0.358. The molecule has 0 aromatic rings. The molecule has 1 unspecified atom stereocenters. The van der Waals surface area contributed by atoms with Crippen molar-refractivity contribution in [2.24, 2.45) is 10.9 Å². The molecule has 0 aromatic carbocycles. The normalized spacial score (nSPS) is 33.2. The number of hydrogen-bond acceptors (Lipinski definition) is 2. The van der Waals surface area contributed by atoms with Crippen molar-refractivity contribution in [2.45, 2.75) is 37.7 Å². The Morgan fingerprint density at radius 3 is 2.71 bits per heavy atom. The monoisotopic (exact) mass is 191 g/mol. The third-order valence-corrected chi connectivity index (χ3v) is 3.19. The summed E-state index contributed by atoms with van der Waals surface area (Å²) in [4.78, 5) is 4.08. The summed E-state index contributed by atoms with van der Waals surface area (Å²) in [6, 6.07) is 0. The maximum atomic E-state index is 10.4. The van der Waals surface area contributed by atoms with Crippen molar-refractivity contribution in [3.63, 3.8) is 0 Å². The van der Waals surface area contributed by atoms with Crippen molar-refractivity contribution in [3.8, 4) is 0 Å². The fourth-order valence-electron chi connectivity index (χ4n) is 2.32. The third kappa shape index (κ3) is 1.95. The van der Waals surface area contributed by atoms with Gasteiger partial charge in [0.1, 0.15) is 5.60 Å². The quantitative estimate of drug-likeness (QED) is 0.678. The highest BCUT2D eigenvalue weighted by Gasteiger charge is 2.33. The summed E-state index contributed by atoms with van der Waals surface area (Å²) < 4.78 is 0. The Hall–Kier alpha value is -0.890. The average molecular weight is 191 g/mol. The molecule has 1 atom stereocenters. The van der Waals surface area contributed by atoms with Crippen LogP contribution in [-0.4, -0.2) is 16.9 Å². The van der Waals surface area contributed by atoms with Crippen LogP contribution in [0.5, 0.6) is 0 Å². The molecule has 2 nitrogen and oxygen atoms in total. The highest BCUT2D eigenvalue weighted by atomic mass is 16.3. The molecule has 0 spiro atoms. The molecule has 76 valence electrons. The van der Waals surface area contributed by atoms with E-state index < -0.39 is 5.60 Å². The topological polar surface area (TPSA) is 32.6 Å². The van der Waals surface area contributed by atoms with Crippen molar-refractivity contribution >= 4 is 6.21 Å². The predicted octanol–water partition coefficient (Wildman–Crippen LogP) is 2.45. The van der Waals surface area contributed by atoms with Gasteiger partial charge in [0, 0.05) is 12.4 Å². The van der Waals surface area contributed by atoms with Gasteiger partial charge in [0.2, 0.25) is 0 Å². The summed E-state index contributed by atoms with van der Waals surface area (Å²) in [5.41, 5.74) is -0.802. The standard InChI is InChI=1S/C12H17NO/c14-12(8-4-5-9-13-10-12)11-6-2-1-3-7-11/h4-5,8-11,14H,1-3,6-7H2. The maximum absolute atomic E-state index is 10.4. The molecule has 2 aliphatic rings. The molecule has 1 fully saturated rings. The molecular weight excluding hydrogens is 174 g/mol. The van der Waals surface area contributed by atoms with E-state index >= 15 is 0 Å². The zero-order chi connectivity index (χ0) is 9.86. The minimum atomic E-state index is -0.802. The van der Waals surface area contributed by atoms with Crippen LogP contribution in [-0.2, 0) is 0 Å². The number of rotatable bonds is 1. The van der Waals surface area contributed by atoms with E-state index in [1.165, 1.54) is 19.3 Å². The molecule has 1 aliphatic heterocycles. The zero-order valence-electron chi connectivity index (χ0n) is 8.39. The maximum Gasteiger partial charge on any atom is 0.121 e. The van der Waals surface area contributed by atoms with E-state index in [-0.39, 0.29) is 0 Å². The number of allylic oxidation sites excluding steroid dienone is 2. The van der Waals surface area contributed by atoms with Crippen molar-refractivity contribution in [2.75, 3.05) is 0 Å². The van der Waals surface area contributed by atoms with Gasteiger partial charge in [-0.3, -0.25) is 4.99 Å². The predicted molar refractivity (Wildman–Crippen MR) is 58.3 cm³/mol. The van der Waals surface area contributed by atoms with Gasteiger partial charge in [0.25, 0.3) is 0 Å². The Bertz CT molecular complexity index is 256. The van der Waals surface area contributed by atoms with Gasteiger partial charge in [-0.2, -0.15) is 0 Å². The number of nitrogens with zero attached hydrogens (tertiary/aromatic N) is 1. The molecule has 2 heteroatoms. The van der Waals surface area contributed by atoms with Gasteiger partial charge in [-0.15, -0.1) is 0 Å². The van der Waals surface area contributed by atoms with E-state index in [2.05, 4.69) is 4.99 Å². The lowest BCUT2D eigenvalue weighted by Gasteiger charge is -2.33. The van der Waals surface area contributed by atoms with Gasteiger partial charge in [-0.25, -0.2) is 0 Å². The molecule has 1 saturated carbocycles. The lowest BCUT2D eigenvalue weighted by molar-refractivity contribution is 0.0767. The number of aliphatic imine (C=N–C) groups is 1. The molecule has 2 rings (SSSR count). The molecular formula is C12H17NO. The van der Waals surface area contributed by atoms with Gasteiger partial charge in [-0.1, -0.05) is 25.3 Å². The first-order chi connectivity index (χ1) is 6.81. The fourth-order valence-corrected chi connectivity index (χ4v) is 2.32. The van der Waals surface area contributed by atoms with Crippen molar-refractivity contribution in [3.05, 3.63) is 24.4 Å². The largest absolute Gasteiger partial charge is 0.380 e. The van der Waals surface area contributed by atoms with Gasteiger partial charge in [0.15, 0.2) is 0 Å². The van der Waals surface area contributed by atoms with Gasteiger partial charge < -0.3 is 5.11 Å². The van der Waals surface area contributed by atoms with E-state index in [1.54, 1.807) is 12.4 Å². The highest BCUT2D eigenvalue weighted by molar-refractivity contribution is 5.73. The minimum Gasteiger partial charge on any atom is -0.380 e. The second-order valence-corrected chi connectivity index (χ2v) is 4.20. The Balaban J connectivity index is 2.13. The van der Waals surface area contributed by atoms with E-state index in [0.29, 0.717) is 5.92 Å². The van der Waals surface area contributed by atoms with Crippen molar-refractivity contribution in [1.82, 2.24) is 0 Å². The first-order valence-electron chi connectivity index (χ1n) is 5.42. The minimum absolute atomic E-state index is 0.358. The summed E-state index contributed by atoms with van der Waals surface area (Å²) in [5, 5.41) is 10.4. The highest BCUT2D eigenvalue weighted by Crippen LogP contribution is 2.33. The third-order valence-electron chi connectivity index (χ3n) is 3.19. The van der Waals surface area contributed by atoms with Crippen LogP contribution in [0, 0.1) is 5.92 Å². The Labute approximate surface area is 85.1 Å². The summed E-state index contributed by atoms with van der Waals surface area (Å²) >= 11 is 0. The van der Waals surface area contributed by atoms with Crippen LogP contribution in [0.25, 0.3) is 0 Å². The molecule has 0 amide bonds. The van der Waals surface area contributed by atoms with E-state index in [4.69, 9.17) is 0 Å². The van der Waals surface area contributed by atoms with Crippen LogP contribution < -0.4 is 0 Å². The second kappa shape index (κ2) is 4.09. The van der Waals surface area contributed by atoms with Crippen molar-refractivity contribution in [1.29, 1.82) is 0 Å². The number of aliphatic hydroxyl groups is 1. The van der Waals surface area contributed by atoms with E-state index in [0.717, 1.165) is 12.8 Å². The first kappa shape index (κ1) is 9.66. The van der Waals surface area contributed by atoms with Crippen LogP contribution >= 0.6 is 0 Å². The molecule has 0 bridgehead atoms. The Morgan fingerprint density at radius 1 is 1.14 bits per heavy atom. The van der Waals surface area contributed by atoms with E-state index in [9.17, 15) is 5.11 Å². The molecule has 1 N–H and O–H groups in total. The molecule has 1 aliphatic carbocycles. The first-order valence-corrected chi connectivity index (χ1v) is 5.42. The van der Waals surface area contributed by atoms with Crippen LogP contribution in [0.15, 0.2) is 29.4 Å². The number of hydrogen-bond donors (Lipinski definition) is 1. The van der Waals surface area contributed by atoms with Crippen LogP contribution in [0.4, 0.5) is 0 Å². The van der Waals surface area contributed by atoms with E-state index in [1.807, 2.05) is 18.2 Å². The molecule has 14 heavy (non-hydrogen) atoms. The lowest BCUT2D eigenvalue weighted by Crippen LogP contribution is -2.38. The summed E-state index contributed by atoms with van der Waals surface area (Å²) in [6.45, 7) is 0. The summed E-state index contributed by atoms with van der Waals surface area (Å²) in [6.07, 6.45) is 15.0. The van der Waals surface area contributed by atoms with Gasteiger partial charge >= 0.3 is 0 Å². The van der Waals surface area contributed by atoms with Crippen LogP contribution in [0.2, 0.25) is 0 Å². The summed E-state index contributed by atoms with van der Waals surface area (Å²) in [7, 11) is 0. The van der Waals surface area contributed by atoms with Gasteiger partial charge in [0.05, 0.1) is 0 Å².